The maximum atomic E-state index is 8.53. The van der Waals surface area contributed by atoms with E-state index in [1.54, 1.807) is 7.11 Å². The van der Waals surface area contributed by atoms with Crippen molar-refractivity contribution in [2.45, 2.75) is 0 Å². The van der Waals surface area contributed by atoms with Gasteiger partial charge in [-0.1, -0.05) is 0 Å². The molecule has 4 nitrogen and oxygen atoms in total. The van der Waals surface area contributed by atoms with E-state index in [0.29, 0.717) is 5.69 Å². The summed E-state index contributed by atoms with van der Waals surface area (Å²) in [4.78, 5) is 2.85. The van der Waals surface area contributed by atoms with E-state index < -0.39 is 0 Å². The number of ether oxygens (including phenoxy) is 1. The molecule has 0 unspecified atom stereocenters. The standard InChI is InChI=1S/C13H11N3OSe/c1-17-10-6-8-11(9-7-10)18-13-5-3-2-4-12(13)15-16-14/h2-9H,1H3. The van der Waals surface area contributed by atoms with Gasteiger partial charge in [0.25, 0.3) is 0 Å². The molecule has 0 aliphatic rings. The van der Waals surface area contributed by atoms with Gasteiger partial charge in [0, 0.05) is 0 Å². The fourth-order valence-corrected chi connectivity index (χ4v) is 3.30. The molecule has 0 aliphatic carbocycles. The van der Waals surface area contributed by atoms with E-state index in [1.807, 2.05) is 48.5 Å². The third-order valence-electron chi connectivity index (χ3n) is 2.30. The molecule has 5 heteroatoms. The summed E-state index contributed by atoms with van der Waals surface area (Å²) in [5.74, 6) is 0.845. The molecular weight excluding hydrogens is 293 g/mol. The molecule has 0 atom stereocenters. The number of rotatable bonds is 4. The van der Waals surface area contributed by atoms with Gasteiger partial charge in [-0.3, -0.25) is 0 Å². The number of methoxy groups -OCH3 is 1. The van der Waals surface area contributed by atoms with Crippen LogP contribution in [0.15, 0.2) is 53.6 Å². The van der Waals surface area contributed by atoms with Crippen molar-refractivity contribution in [2.75, 3.05) is 7.11 Å². The van der Waals surface area contributed by atoms with Crippen LogP contribution in [0.2, 0.25) is 0 Å². The van der Waals surface area contributed by atoms with Crippen molar-refractivity contribution < 1.29 is 4.74 Å². The molecule has 0 saturated carbocycles. The van der Waals surface area contributed by atoms with Crippen molar-refractivity contribution in [3.8, 4) is 5.75 Å². The van der Waals surface area contributed by atoms with Crippen LogP contribution < -0.4 is 13.7 Å². The first-order valence-electron chi connectivity index (χ1n) is 5.29. The molecule has 0 radical (unpaired) electrons. The molecule has 0 aliphatic heterocycles. The van der Waals surface area contributed by atoms with Crippen LogP contribution in [-0.4, -0.2) is 22.1 Å². The Morgan fingerprint density at radius 3 is 2.50 bits per heavy atom. The molecule has 0 heterocycles. The summed E-state index contributed by atoms with van der Waals surface area (Å²) in [7, 11) is 1.65. The predicted molar refractivity (Wildman–Crippen MR) is 73.3 cm³/mol. The molecular formula is C13H11N3OSe. The van der Waals surface area contributed by atoms with Crippen molar-refractivity contribution in [1.29, 1.82) is 0 Å². The normalized spacial score (nSPS) is 9.61. The van der Waals surface area contributed by atoms with E-state index in [-0.39, 0.29) is 15.0 Å². The van der Waals surface area contributed by atoms with Gasteiger partial charge in [-0.15, -0.1) is 0 Å². The zero-order valence-corrected chi connectivity index (χ0v) is 11.5. The van der Waals surface area contributed by atoms with Gasteiger partial charge in [0.15, 0.2) is 0 Å². The van der Waals surface area contributed by atoms with E-state index in [9.17, 15) is 0 Å². The van der Waals surface area contributed by atoms with E-state index in [4.69, 9.17) is 10.3 Å². The number of benzene rings is 2. The van der Waals surface area contributed by atoms with Crippen molar-refractivity contribution in [3.63, 3.8) is 0 Å². The number of hydrogen-bond donors (Lipinski definition) is 0. The molecule has 2 aromatic carbocycles. The third-order valence-corrected chi connectivity index (χ3v) is 4.56. The second-order valence-corrected chi connectivity index (χ2v) is 5.77. The van der Waals surface area contributed by atoms with Crippen LogP contribution in [0.4, 0.5) is 5.69 Å². The Labute approximate surface area is 111 Å². The topological polar surface area (TPSA) is 58.0 Å². The van der Waals surface area contributed by atoms with Gasteiger partial charge in [0.05, 0.1) is 0 Å². The van der Waals surface area contributed by atoms with Crippen LogP contribution in [0, 0.1) is 0 Å². The van der Waals surface area contributed by atoms with Crippen LogP contribution in [0.1, 0.15) is 0 Å². The van der Waals surface area contributed by atoms with Crippen LogP contribution >= 0.6 is 0 Å². The first-order valence-corrected chi connectivity index (χ1v) is 7.01. The summed E-state index contributed by atoms with van der Waals surface area (Å²) in [6, 6.07) is 15.6. The number of hydrogen-bond acceptors (Lipinski definition) is 2. The molecule has 0 amide bonds. The average Bonchev–Trinajstić information content (AvgIpc) is 2.42. The molecule has 18 heavy (non-hydrogen) atoms. The second kappa shape index (κ2) is 6.12. The monoisotopic (exact) mass is 305 g/mol. The molecule has 2 aromatic rings. The Hall–Kier alpha value is -1.93. The average molecular weight is 304 g/mol. The minimum atomic E-state index is 0.122. The van der Waals surface area contributed by atoms with Crippen molar-refractivity contribution in [3.05, 3.63) is 59.0 Å². The zero-order valence-electron chi connectivity index (χ0n) is 9.78. The molecule has 0 aromatic heterocycles. The van der Waals surface area contributed by atoms with Crippen molar-refractivity contribution >= 4 is 29.6 Å². The van der Waals surface area contributed by atoms with Gasteiger partial charge in [-0.25, -0.2) is 0 Å². The second-order valence-electron chi connectivity index (χ2n) is 3.43. The summed E-state index contributed by atoms with van der Waals surface area (Å²) >= 11 is 0.122. The first-order chi connectivity index (χ1) is 8.83. The number of azide groups is 1. The molecule has 0 saturated heterocycles. The van der Waals surface area contributed by atoms with Crippen LogP contribution in [0.25, 0.3) is 10.4 Å². The quantitative estimate of drug-likeness (QED) is 0.370. The van der Waals surface area contributed by atoms with Gasteiger partial charge in [0.1, 0.15) is 0 Å². The Morgan fingerprint density at radius 1 is 1.11 bits per heavy atom. The first kappa shape index (κ1) is 12.5. The summed E-state index contributed by atoms with van der Waals surface area (Å²) < 4.78 is 7.41. The Bertz CT molecular complexity index is 577. The zero-order chi connectivity index (χ0) is 12.8. The van der Waals surface area contributed by atoms with Gasteiger partial charge in [-0.05, 0) is 0 Å². The van der Waals surface area contributed by atoms with Gasteiger partial charge < -0.3 is 0 Å². The summed E-state index contributed by atoms with van der Waals surface area (Å²) in [5.41, 5.74) is 9.23. The molecule has 2 rings (SSSR count). The van der Waals surface area contributed by atoms with E-state index >= 15 is 0 Å². The van der Waals surface area contributed by atoms with Gasteiger partial charge >= 0.3 is 111 Å². The Morgan fingerprint density at radius 2 is 1.83 bits per heavy atom. The van der Waals surface area contributed by atoms with Crippen LogP contribution in [0.5, 0.6) is 5.75 Å². The van der Waals surface area contributed by atoms with Crippen LogP contribution in [0.3, 0.4) is 0 Å². The number of nitrogens with zero attached hydrogens (tertiary/aromatic N) is 3. The van der Waals surface area contributed by atoms with Gasteiger partial charge in [0.2, 0.25) is 0 Å². The molecule has 0 fully saturated rings. The van der Waals surface area contributed by atoms with Gasteiger partial charge in [-0.2, -0.15) is 0 Å². The molecule has 90 valence electrons. The fourth-order valence-electron chi connectivity index (χ4n) is 1.45. The molecule has 0 spiro atoms. The van der Waals surface area contributed by atoms with E-state index in [2.05, 4.69) is 10.0 Å². The van der Waals surface area contributed by atoms with Crippen molar-refractivity contribution in [1.82, 2.24) is 0 Å². The maximum absolute atomic E-state index is 8.53. The molecule has 0 N–H and O–H groups in total. The minimum absolute atomic E-state index is 0.122. The van der Waals surface area contributed by atoms with Crippen LogP contribution in [-0.2, 0) is 0 Å². The van der Waals surface area contributed by atoms with E-state index in [1.165, 1.54) is 4.46 Å². The molecule has 0 bridgehead atoms. The SMILES string of the molecule is COc1ccc([Se]c2ccccc2N=[N+]=[N-])cc1. The summed E-state index contributed by atoms with van der Waals surface area (Å²) in [5, 5.41) is 3.71. The Kier molecular flexibility index (Phi) is 4.26. The third kappa shape index (κ3) is 3.05. The van der Waals surface area contributed by atoms with Crippen molar-refractivity contribution in [2.24, 2.45) is 5.11 Å². The predicted octanol–water partition coefficient (Wildman–Crippen LogP) is 2.29. The van der Waals surface area contributed by atoms with E-state index in [0.717, 1.165) is 10.2 Å². The summed E-state index contributed by atoms with van der Waals surface area (Å²) in [6.07, 6.45) is 0. The summed E-state index contributed by atoms with van der Waals surface area (Å²) in [6.45, 7) is 0. The Balaban J connectivity index is 2.25. The fraction of sp³-hybridized carbons (Fsp3) is 0.0769.